The molecule has 0 spiro atoms. The number of fused-ring (bicyclic) bond motifs is 1. The molecular formula is C11H12Br2Ru. The molecule has 0 saturated heterocycles. The molecule has 14 heavy (non-hydrogen) atoms. The molecule has 3 heteroatoms. The van der Waals surface area contributed by atoms with Crippen LogP contribution in [0.4, 0.5) is 0 Å². The molecule has 0 radical (unpaired) electrons. The van der Waals surface area contributed by atoms with Gasteiger partial charge in [0.15, 0.2) is 0 Å². The van der Waals surface area contributed by atoms with E-state index in [2.05, 4.69) is 49.4 Å². The van der Waals surface area contributed by atoms with Gasteiger partial charge in [-0.2, -0.15) is 0 Å². The first-order valence-electron chi connectivity index (χ1n) is 3.82. The number of rotatable bonds is 0. The fourth-order valence-electron chi connectivity index (χ4n) is 1.39. The summed E-state index contributed by atoms with van der Waals surface area (Å²) >= 11 is 0. The Balaban J connectivity index is 0. The van der Waals surface area contributed by atoms with Gasteiger partial charge < -0.3 is 0 Å². The van der Waals surface area contributed by atoms with E-state index in [9.17, 15) is 0 Å². The maximum absolute atomic E-state index is 2.16. The van der Waals surface area contributed by atoms with E-state index in [0.717, 1.165) is 0 Å². The van der Waals surface area contributed by atoms with Crippen molar-refractivity contribution in [2.75, 3.05) is 0 Å². The van der Waals surface area contributed by atoms with Crippen LogP contribution in [0.25, 0.3) is 10.8 Å². The third-order valence-electron chi connectivity index (χ3n) is 2.01. The molecule has 0 unspecified atom stereocenters. The Morgan fingerprint density at radius 3 is 2.00 bits per heavy atom. The van der Waals surface area contributed by atoms with Crippen molar-refractivity contribution in [1.82, 2.24) is 0 Å². The minimum absolute atomic E-state index is 0. The van der Waals surface area contributed by atoms with Crippen LogP contribution in [0, 0.1) is 6.92 Å². The van der Waals surface area contributed by atoms with Crippen LogP contribution in [0.1, 0.15) is 5.56 Å². The van der Waals surface area contributed by atoms with Gasteiger partial charge in [-0.1, -0.05) is 42.5 Å². The van der Waals surface area contributed by atoms with Gasteiger partial charge in [-0.25, -0.2) is 0 Å². The summed E-state index contributed by atoms with van der Waals surface area (Å²) in [6, 6.07) is 14.8. The summed E-state index contributed by atoms with van der Waals surface area (Å²) in [6.07, 6.45) is 0. The quantitative estimate of drug-likeness (QED) is 0.574. The first kappa shape index (κ1) is 16.7. The van der Waals surface area contributed by atoms with Gasteiger partial charge in [-0.05, 0) is 23.3 Å². The zero-order chi connectivity index (χ0) is 7.68. The summed E-state index contributed by atoms with van der Waals surface area (Å²) in [6.45, 7) is 2.14. The first-order valence-corrected chi connectivity index (χ1v) is 3.82. The van der Waals surface area contributed by atoms with Crippen molar-refractivity contribution in [3.63, 3.8) is 0 Å². The van der Waals surface area contributed by atoms with Gasteiger partial charge in [0.1, 0.15) is 0 Å². The zero-order valence-electron chi connectivity index (χ0n) is 7.71. The smallest absolute Gasteiger partial charge is 0 e. The second kappa shape index (κ2) is 7.56. The molecule has 0 saturated carbocycles. The van der Waals surface area contributed by atoms with Gasteiger partial charge in [0.05, 0.1) is 0 Å². The number of benzene rings is 2. The predicted molar refractivity (Wildman–Crippen MR) is 69.3 cm³/mol. The Morgan fingerprint density at radius 2 is 1.36 bits per heavy atom. The molecule has 0 aliphatic heterocycles. The summed E-state index contributed by atoms with van der Waals surface area (Å²) in [5, 5.41) is 2.68. The van der Waals surface area contributed by atoms with Gasteiger partial charge >= 0.3 is 0 Å². The Kier molecular flexibility index (Phi) is 9.02. The van der Waals surface area contributed by atoms with Crippen molar-refractivity contribution in [1.29, 1.82) is 0 Å². The van der Waals surface area contributed by atoms with E-state index in [-0.39, 0.29) is 53.4 Å². The van der Waals surface area contributed by atoms with Crippen LogP contribution in [-0.4, -0.2) is 0 Å². The van der Waals surface area contributed by atoms with Crippen LogP contribution >= 0.6 is 34.0 Å². The van der Waals surface area contributed by atoms with Crippen molar-refractivity contribution >= 4 is 44.7 Å². The van der Waals surface area contributed by atoms with Crippen molar-refractivity contribution in [3.05, 3.63) is 48.0 Å². The fourth-order valence-corrected chi connectivity index (χ4v) is 1.39. The molecule has 0 heterocycles. The maximum Gasteiger partial charge on any atom is 0 e. The predicted octanol–water partition coefficient (Wildman–Crippen LogP) is 4.30. The number of hydrogen-bond acceptors (Lipinski definition) is 0. The molecule has 0 amide bonds. The van der Waals surface area contributed by atoms with Gasteiger partial charge in [0.25, 0.3) is 0 Å². The molecule has 0 nitrogen and oxygen atoms in total. The summed E-state index contributed by atoms with van der Waals surface area (Å²) in [7, 11) is 0. The average Bonchev–Trinajstić information content (AvgIpc) is 2.06. The molecule has 0 fully saturated rings. The third kappa shape index (κ3) is 3.45. The summed E-state index contributed by atoms with van der Waals surface area (Å²) in [4.78, 5) is 0. The van der Waals surface area contributed by atoms with Crippen LogP contribution < -0.4 is 0 Å². The Bertz CT molecular complexity index is 382. The van der Waals surface area contributed by atoms with E-state index < -0.39 is 0 Å². The molecule has 2 rings (SSSR count). The Hall–Kier alpha value is 0.283. The largest absolute Gasteiger partial charge is 0.114 e. The SMILES string of the molecule is Br.Br.Cc1cccc2ccccc12.[Ru]. The van der Waals surface area contributed by atoms with Gasteiger partial charge in [-0.15, -0.1) is 34.0 Å². The molecule has 0 aromatic heterocycles. The zero-order valence-corrected chi connectivity index (χ0v) is 12.9. The van der Waals surface area contributed by atoms with Crippen molar-refractivity contribution < 1.29 is 19.5 Å². The molecule has 2 aromatic rings. The van der Waals surface area contributed by atoms with E-state index in [1.807, 2.05) is 0 Å². The van der Waals surface area contributed by atoms with Crippen LogP contribution in [0.3, 0.4) is 0 Å². The van der Waals surface area contributed by atoms with E-state index in [1.54, 1.807) is 0 Å². The first-order chi connectivity index (χ1) is 5.38. The van der Waals surface area contributed by atoms with E-state index in [0.29, 0.717) is 0 Å². The molecule has 0 aliphatic rings. The standard InChI is InChI=1S/C11H10.2BrH.Ru/c1-9-5-4-7-10-6-2-3-8-11(9)10;;;/h2-8H,1H3;2*1H;. The minimum atomic E-state index is 0. The second-order valence-electron chi connectivity index (χ2n) is 2.80. The minimum Gasteiger partial charge on any atom is -0.114 e. The number of aryl methyl sites for hydroxylation is 1. The second-order valence-corrected chi connectivity index (χ2v) is 2.80. The summed E-state index contributed by atoms with van der Waals surface area (Å²) in [5.74, 6) is 0. The number of hydrogen-bond donors (Lipinski definition) is 0. The average molecular weight is 405 g/mol. The molecule has 0 aliphatic carbocycles. The Labute approximate surface area is 118 Å². The van der Waals surface area contributed by atoms with Gasteiger partial charge in [0.2, 0.25) is 0 Å². The van der Waals surface area contributed by atoms with E-state index in [1.165, 1.54) is 16.3 Å². The molecular weight excluding hydrogens is 393 g/mol. The normalized spacial score (nSPS) is 8.07. The monoisotopic (exact) mass is 404 g/mol. The maximum atomic E-state index is 2.16. The van der Waals surface area contributed by atoms with E-state index >= 15 is 0 Å². The number of halogens is 2. The van der Waals surface area contributed by atoms with Crippen LogP contribution in [-0.2, 0) is 19.5 Å². The molecule has 0 bridgehead atoms. The van der Waals surface area contributed by atoms with E-state index in [4.69, 9.17) is 0 Å². The molecule has 78 valence electrons. The summed E-state index contributed by atoms with van der Waals surface area (Å²) in [5.41, 5.74) is 1.35. The van der Waals surface area contributed by atoms with Gasteiger partial charge in [-0.3, -0.25) is 0 Å². The Morgan fingerprint density at radius 1 is 0.786 bits per heavy atom. The van der Waals surface area contributed by atoms with Crippen molar-refractivity contribution in [3.8, 4) is 0 Å². The van der Waals surface area contributed by atoms with Crippen molar-refractivity contribution in [2.24, 2.45) is 0 Å². The third-order valence-corrected chi connectivity index (χ3v) is 2.01. The fraction of sp³-hybridized carbons (Fsp3) is 0.0909. The van der Waals surface area contributed by atoms with Crippen LogP contribution in [0.15, 0.2) is 42.5 Å². The van der Waals surface area contributed by atoms with Gasteiger partial charge in [0, 0.05) is 19.5 Å². The van der Waals surface area contributed by atoms with Crippen LogP contribution in [0.2, 0.25) is 0 Å². The van der Waals surface area contributed by atoms with Crippen molar-refractivity contribution in [2.45, 2.75) is 6.92 Å². The molecule has 2 aromatic carbocycles. The topological polar surface area (TPSA) is 0 Å². The molecule has 0 N–H and O–H groups in total. The summed E-state index contributed by atoms with van der Waals surface area (Å²) < 4.78 is 0. The van der Waals surface area contributed by atoms with Crippen LogP contribution in [0.5, 0.6) is 0 Å². The molecule has 0 atom stereocenters.